The van der Waals surface area contributed by atoms with E-state index in [1.807, 2.05) is 0 Å². The van der Waals surface area contributed by atoms with E-state index in [9.17, 15) is 0 Å². The van der Waals surface area contributed by atoms with E-state index in [2.05, 4.69) is 19.2 Å². The van der Waals surface area contributed by atoms with Crippen LogP contribution in [0.2, 0.25) is 0 Å². The molecule has 0 aromatic carbocycles. The lowest BCUT2D eigenvalue weighted by Crippen LogP contribution is -2.25. The number of nitrogens with one attached hydrogen (secondary N) is 1. The number of hydrogen-bond donors (Lipinski definition) is 1. The molecule has 0 saturated carbocycles. The minimum Gasteiger partial charge on any atom is -0.316 e. The highest BCUT2D eigenvalue weighted by molar-refractivity contribution is 4.72. The lowest BCUT2D eigenvalue weighted by atomic mass is 9.86. The van der Waals surface area contributed by atoms with Gasteiger partial charge in [0.05, 0.1) is 0 Å². The summed E-state index contributed by atoms with van der Waals surface area (Å²) in [6.07, 6.45) is 11.4. The summed E-state index contributed by atoms with van der Waals surface area (Å²) in [5.41, 5.74) is 0. The van der Waals surface area contributed by atoms with Gasteiger partial charge in [0, 0.05) is 0 Å². The molecule has 0 aromatic heterocycles. The summed E-state index contributed by atoms with van der Waals surface area (Å²) in [6, 6.07) is 0. The minimum absolute atomic E-state index is 0.937. The van der Waals surface area contributed by atoms with Crippen LogP contribution in [0.3, 0.4) is 0 Å². The smallest absolute Gasteiger partial charge is 0.00180 e. The Morgan fingerprint density at radius 1 is 1.20 bits per heavy atom. The number of hydrogen-bond acceptors (Lipinski definition) is 1. The van der Waals surface area contributed by atoms with Gasteiger partial charge in [-0.3, -0.25) is 0 Å². The minimum atomic E-state index is 0.937. The molecule has 15 heavy (non-hydrogen) atoms. The van der Waals surface area contributed by atoms with Crippen LogP contribution in [0.25, 0.3) is 0 Å². The molecule has 1 heteroatoms. The van der Waals surface area contributed by atoms with Crippen molar-refractivity contribution >= 4 is 0 Å². The Kier molecular flexibility index (Phi) is 7.08. The van der Waals surface area contributed by atoms with Crippen LogP contribution < -0.4 is 5.32 Å². The molecule has 1 aliphatic heterocycles. The zero-order valence-corrected chi connectivity index (χ0v) is 10.7. The highest BCUT2D eigenvalue weighted by Gasteiger charge is 2.17. The van der Waals surface area contributed by atoms with Gasteiger partial charge in [-0.05, 0) is 37.8 Å². The van der Waals surface area contributed by atoms with Gasteiger partial charge < -0.3 is 5.32 Å². The molecule has 1 rings (SSSR count). The standard InChI is InChI=1S/C14H29N/c1-3-4-5-6-9-13(2)14-10-7-8-11-15-12-14/h13-15H,3-12H2,1-2H3. The van der Waals surface area contributed by atoms with Gasteiger partial charge in [0.15, 0.2) is 0 Å². The molecule has 1 fully saturated rings. The Balaban J connectivity index is 2.11. The summed E-state index contributed by atoms with van der Waals surface area (Å²) in [5.74, 6) is 1.89. The fourth-order valence-electron chi connectivity index (χ4n) is 2.66. The van der Waals surface area contributed by atoms with Crippen LogP contribution in [0.5, 0.6) is 0 Å². The molecule has 2 atom stereocenters. The largest absolute Gasteiger partial charge is 0.316 e. The highest BCUT2D eigenvalue weighted by atomic mass is 14.9. The number of unbranched alkanes of at least 4 members (excludes halogenated alkanes) is 3. The van der Waals surface area contributed by atoms with E-state index in [0.717, 1.165) is 11.8 Å². The van der Waals surface area contributed by atoms with Gasteiger partial charge in [-0.2, -0.15) is 0 Å². The zero-order valence-electron chi connectivity index (χ0n) is 10.7. The fraction of sp³-hybridized carbons (Fsp3) is 1.00. The van der Waals surface area contributed by atoms with Crippen LogP contribution in [0.15, 0.2) is 0 Å². The average molecular weight is 211 g/mol. The first-order chi connectivity index (χ1) is 7.34. The highest BCUT2D eigenvalue weighted by Crippen LogP contribution is 2.24. The normalized spacial score (nSPS) is 24.8. The summed E-state index contributed by atoms with van der Waals surface area (Å²) in [6.45, 7) is 7.27. The summed E-state index contributed by atoms with van der Waals surface area (Å²) >= 11 is 0. The molecule has 0 radical (unpaired) electrons. The molecule has 0 aromatic rings. The summed E-state index contributed by atoms with van der Waals surface area (Å²) < 4.78 is 0. The molecule has 0 aliphatic carbocycles. The van der Waals surface area contributed by atoms with Crippen LogP contribution in [0.4, 0.5) is 0 Å². The van der Waals surface area contributed by atoms with E-state index in [1.54, 1.807) is 0 Å². The maximum absolute atomic E-state index is 3.58. The second kappa shape index (κ2) is 8.15. The third-order valence-electron chi connectivity index (χ3n) is 3.90. The maximum Gasteiger partial charge on any atom is -0.00180 e. The molecule has 1 N–H and O–H groups in total. The van der Waals surface area contributed by atoms with Gasteiger partial charge >= 0.3 is 0 Å². The molecule has 1 aliphatic rings. The third-order valence-corrected chi connectivity index (χ3v) is 3.90. The lowest BCUT2D eigenvalue weighted by Gasteiger charge is -2.22. The fourth-order valence-corrected chi connectivity index (χ4v) is 2.66. The van der Waals surface area contributed by atoms with Gasteiger partial charge in [-0.1, -0.05) is 52.4 Å². The topological polar surface area (TPSA) is 12.0 Å². The Morgan fingerprint density at radius 2 is 2.07 bits per heavy atom. The first-order valence-electron chi connectivity index (χ1n) is 7.05. The van der Waals surface area contributed by atoms with Crippen molar-refractivity contribution in [3.8, 4) is 0 Å². The second-order valence-corrected chi connectivity index (χ2v) is 5.29. The predicted molar refractivity (Wildman–Crippen MR) is 68.1 cm³/mol. The quantitative estimate of drug-likeness (QED) is 0.655. The molecular weight excluding hydrogens is 182 g/mol. The van der Waals surface area contributed by atoms with Crippen molar-refractivity contribution in [2.24, 2.45) is 11.8 Å². The predicted octanol–water partition coefficient (Wildman–Crippen LogP) is 3.98. The maximum atomic E-state index is 3.58. The van der Waals surface area contributed by atoms with E-state index < -0.39 is 0 Å². The van der Waals surface area contributed by atoms with Gasteiger partial charge in [0.1, 0.15) is 0 Å². The SMILES string of the molecule is CCCCCCC(C)C1CCCCNC1. The van der Waals surface area contributed by atoms with Gasteiger partial charge in [0.25, 0.3) is 0 Å². The molecule has 0 bridgehead atoms. The van der Waals surface area contributed by atoms with Crippen molar-refractivity contribution in [2.75, 3.05) is 13.1 Å². The summed E-state index contributed by atoms with van der Waals surface area (Å²) in [4.78, 5) is 0. The van der Waals surface area contributed by atoms with Crippen molar-refractivity contribution in [3.63, 3.8) is 0 Å². The van der Waals surface area contributed by atoms with Gasteiger partial charge in [0.2, 0.25) is 0 Å². The first kappa shape index (κ1) is 13.0. The van der Waals surface area contributed by atoms with Crippen LogP contribution in [-0.2, 0) is 0 Å². The van der Waals surface area contributed by atoms with E-state index >= 15 is 0 Å². The van der Waals surface area contributed by atoms with Gasteiger partial charge in [-0.25, -0.2) is 0 Å². The van der Waals surface area contributed by atoms with Crippen molar-refractivity contribution < 1.29 is 0 Å². The van der Waals surface area contributed by atoms with Crippen LogP contribution in [0.1, 0.15) is 65.2 Å². The van der Waals surface area contributed by atoms with Crippen molar-refractivity contribution in [1.82, 2.24) is 5.32 Å². The third kappa shape index (κ3) is 5.55. The Morgan fingerprint density at radius 3 is 2.87 bits per heavy atom. The van der Waals surface area contributed by atoms with E-state index in [4.69, 9.17) is 0 Å². The van der Waals surface area contributed by atoms with E-state index in [1.165, 1.54) is 64.5 Å². The van der Waals surface area contributed by atoms with Crippen molar-refractivity contribution in [2.45, 2.75) is 65.2 Å². The van der Waals surface area contributed by atoms with Crippen molar-refractivity contribution in [1.29, 1.82) is 0 Å². The van der Waals surface area contributed by atoms with E-state index in [0.29, 0.717) is 0 Å². The van der Waals surface area contributed by atoms with Gasteiger partial charge in [-0.15, -0.1) is 0 Å². The molecule has 1 heterocycles. The Labute approximate surface area is 96.0 Å². The Bertz CT molecular complexity index is 136. The Hall–Kier alpha value is -0.0400. The average Bonchev–Trinajstić information content (AvgIpc) is 2.52. The molecule has 2 unspecified atom stereocenters. The number of rotatable bonds is 6. The second-order valence-electron chi connectivity index (χ2n) is 5.29. The molecule has 0 spiro atoms. The molecule has 1 nitrogen and oxygen atoms in total. The van der Waals surface area contributed by atoms with Crippen molar-refractivity contribution in [3.05, 3.63) is 0 Å². The first-order valence-corrected chi connectivity index (χ1v) is 7.05. The molecule has 1 saturated heterocycles. The molecular formula is C14H29N. The zero-order chi connectivity index (χ0) is 10.9. The lowest BCUT2D eigenvalue weighted by molar-refractivity contribution is 0.308. The summed E-state index contributed by atoms with van der Waals surface area (Å²) in [7, 11) is 0. The van der Waals surface area contributed by atoms with Crippen LogP contribution >= 0.6 is 0 Å². The molecule has 0 amide bonds. The van der Waals surface area contributed by atoms with Crippen LogP contribution in [0, 0.1) is 11.8 Å². The van der Waals surface area contributed by atoms with E-state index in [-0.39, 0.29) is 0 Å². The summed E-state index contributed by atoms with van der Waals surface area (Å²) in [5, 5.41) is 3.58. The molecule has 90 valence electrons. The van der Waals surface area contributed by atoms with Crippen LogP contribution in [-0.4, -0.2) is 13.1 Å². The monoisotopic (exact) mass is 211 g/mol.